The molecule has 0 amide bonds. The molecule has 1 nitrogen and oxygen atoms in total. The second-order valence-corrected chi connectivity index (χ2v) is 7.17. The van der Waals surface area contributed by atoms with Gasteiger partial charge in [0.05, 0.1) is 0 Å². The van der Waals surface area contributed by atoms with Crippen LogP contribution in [0.4, 0.5) is 0 Å². The number of rotatable bonds is 13. The molecule has 0 heterocycles. The molecule has 0 aromatic heterocycles. The van der Waals surface area contributed by atoms with Crippen LogP contribution in [0.2, 0.25) is 0 Å². The number of allylic oxidation sites excluding steroid dienone is 5. The second kappa shape index (κ2) is 39.6. The molecular weight excluding hydrogens is 374 g/mol. The minimum Gasteiger partial charge on any atom is -0.333 e. The van der Waals surface area contributed by atoms with E-state index in [-0.39, 0.29) is 0 Å². The highest BCUT2D eigenvalue weighted by Gasteiger charge is 2.10. The summed E-state index contributed by atoms with van der Waals surface area (Å²) in [5.74, 6) is 0.689. The monoisotopic (exact) mass is 440 g/mol. The number of unbranched alkanes of at least 4 members (excludes halogenated alkanes) is 5. The number of hydrogen-bond acceptors (Lipinski definition) is 1. The SMILES string of the molecule is C=C/C(=C\C(CC)=C(/C)CC)C(CC)CCCC.CC.CC.CCCCCCC.CN. The lowest BCUT2D eigenvalue weighted by molar-refractivity contribution is 0.523. The van der Waals surface area contributed by atoms with Gasteiger partial charge >= 0.3 is 0 Å². The third kappa shape index (κ3) is 29.2. The summed E-state index contributed by atoms with van der Waals surface area (Å²) in [6, 6.07) is 0. The largest absolute Gasteiger partial charge is 0.333 e. The molecule has 0 rings (SSSR count). The highest BCUT2D eigenvalue weighted by atomic mass is 14.4. The van der Waals surface area contributed by atoms with Gasteiger partial charge in [-0.05, 0) is 56.7 Å². The van der Waals surface area contributed by atoms with E-state index in [0.717, 1.165) is 12.8 Å². The van der Waals surface area contributed by atoms with Crippen molar-refractivity contribution in [3.05, 3.63) is 35.5 Å². The van der Waals surface area contributed by atoms with Crippen molar-refractivity contribution in [3.8, 4) is 0 Å². The summed E-state index contributed by atoms with van der Waals surface area (Å²) < 4.78 is 0. The smallest absolute Gasteiger partial charge is 0.0165 e. The Morgan fingerprint density at radius 3 is 1.48 bits per heavy atom. The summed E-state index contributed by atoms with van der Waals surface area (Å²) in [5.41, 5.74) is 8.96. The van der Waals surface area contributed by atoms with Crippen LogP contribution in [0.15, 0.2) is 35.5 Å². The molecule has 0 aromatic carbocycles. The molecule has 0 bridgehead atoms. The molecule has 1 unspecified atom stereocenters. The first kappa shape index (κ1) is 40.5. The van der Waals surface area contributed by atoms with Crippen molar-refractivity contribution in [2.75, 3.05) is 7.05 Å². The van der Waals surface area contributed by atoms with E-state index in [1.54, 1.807) is 0 Å². The lowest BCUT2D eigenvalue weighted by Crippen LogP contribution is -2.02. The summed E-state index contributed by atoms with van der Waals surface area (Å²) >= 11 is 0. The molecule has 0 aliphatic carbocycles. The van der Waals surface area contributed by atoms with Crippen LogP contribution in [0.3, 0.4) is 0 Å². The van der Waals surface area contributed by atoms with Gasteiger partial charge < -0.3 is 5.73 Å². The maximum absolute atomic E-state index is 4.50. The van der Waals surface area contributed by atoms with Crippen LogP contribution in [0.25, 0.3) is 0 Å². The summed E-state index contributed by atoms with van der Waals surface area (Å²) in [6.45, 7) is 27.8. The molecule has 0 fully saturated rings. The molecule has 0 spiro atoms. The Balaban J connectivity index is -0.000000144. The van der Waals surface area contributed by atoms with E-state index in [4.69, 9.17) is 0 Å². The van der Waals surface area contributed by atoms with Crippen molar-refractivity contribution in [2.45, 2.75) is 147 Å². The Morgan fingerprint density at radius 2 is 1.19 bits per heavy atom. The fraction of sp³-hybridized carbons (Fsp3) is 0.800. The van der Waals surface area contributed by atoms with Gasteiger partial charge in [-0.1, -0.05) is 138 Å². The first-order chi connectivity index (χ1) is 15.1. The standard InChI is InChI=1S/C18H32.C7H16.2C2H6.CH5N/c1-7-12-13-16(9-3)18(11-5)14-17(10-4)15(6)8-2;1-3-5-7-6-4-2;3*1-2/h11,14,16H,5,7-10,12-13H2,1-4,6H3;3-7H2,1-2H3;2*1-2H3;2H2,1H3/b17-15+,18-14+;;;;. The van der Waals surface area contributed by atoms with Gasteiger partial charge in [-0.2, -0.15) is 0 Å². The maximum atomic E-state index is 4.50. The molecule has 0 radical (unpaired) electrons. The Morgan fingerprint density at radius 1 is 0.742 bits per heavy atom. The maximum Gasteiger partial charge on any atom is -0.0165 e. The van der Waals surface area contributed by atoms with E-state index in [1.165, 1.54) is 81.6 Å². The van der Waals surface area contributed by atoms with Crippen LogP contribution < -0.4 is 5.73 Å². The van der Waals surface area contributed by atoms with Crippen LogP contribution in [0, 0.1) is 5.92 Å². The van der Waals surface area contributed by atoms with Gasteiger partial charge in [0, 0.05) is 0 Å². The third-order valence-corrected chi connectivity index (χ3v) is 5.11. The van der Waals surface area contributed by atoms with Gasteiger partial charge in [0.1, 0.15) is 0 Å². The topological polar surface area (TPSA) is 26.0 Å². The Bertz CT molecular complexity index is 359. The molecule has 0 saturated carbocycles. The van der Waals surface area contributed by atoms with Crippen LogP contribution >= 0.6 is 0 Å². The van der Waals surface area contributed by atoms with Crippen LogP contribution in [-0.4, -0.2) is 7.05 Å². The van der Waals surface area contributed by atoms with Crippen LogP contribution in [0.1, 0.15) is 147 Å². The molecule has 190 valence electrons. The Hall–Kier alpha value is -0.820. The Kier molecular flexibility index (Phi) is 51.8. The summed E-state index contributed by atoms with van der Waals surface area (Å²) in [4.78, 5) is 0. The Labute approximate surface area is 201 Å². The van der Waals surface area contributed by atoms with E-state index in [1.807, 2.05) is 27.7 Å². The van der Waals surface area contributed by atoms with Crippen molar-refractivity contribution in [3.63, 3.8) is 0 Å². The molecule has 1 atom stereocenters. The van der Waals surface area contributed by atoms with E-state index in [2.05, 4.69) is 72.9 Å². The van der Waals surface area contributed by atoms with Crippen molar-refractivity contribution in [1.29, 1.82) is 0 Å². The van der Waals surface area contributed by atoms with Crippen molar-refractivity contribution in [1.82, 2.24) is 0 Å². The number of hydrogen-bond donors (Lipinski definition) is 1. The highest BCUT2D eigenvalue weighted by molar-refractivity contribution is 5.33. The van der Waals surface area contributed by atoms with Gasteiger partial charge in [-0.3, -0.25) is 0 Å². The van der Waals surface area contributed by atoms with Crippen molar-refractivity contribution >= 4 is 0 Å². The zero-order valence-corrected chi connectivity index (χ0v) is 24.3. The molecule has 0 aromatic rings. The molecule has 0 saturated heterocycles. The zero-order valence-electron chi connectivity index (χ0n) is 24.3. The van der Waals surface area contributed by atoms with Gasteiger partial charge in [-0.15, -0.1) is 0 Å². The first-order valence-corrected chi connectivity index (χ1v) is 13.7. The fourth-order valence-corrected chi connectivity index (χ4v) is 3.03. The molecular formula is C30H65N. The second-order valence-electron chi connectivity index (χ2n) is 7.17. The lowest BCUT2D eigenvalue weighted by Gasteiger charge is -2.17. The van der Waals surface area contributed by atoms with E-state index >= 15 is 0 Å². The third-order valence-electron chi connectivity index (χ3n) is 5.11. The minimum atomic E-state index is 0.689. The summed E-state index contributed by atoms with van der Waals surface area (Å²) in [7, 11) is 1.50. The summed E-state index contributed by atoms with van der Waals surface area (Å²) in [5, 5.41) is 0. The zero-order chi connectivity index (χ0) is 25.5. The van der Waals surface area contributed by atoms with Gasteiger partial charge in [-0.25, -0.2) is 0 Å². The van der Waals surface area contributed by atoms with E-state index in [9.17, 15) is 0 Å². The molecule has 2 N–H and O–H groups in total. The minimum absolute atomic E-state index is 0.689. The molecule has 0 aliphatic heterocycles. The predicted octanol–water partition coefficient (Wildman–Crippen LogP) is 11.1. The van der Waals surface area contributed by atoms with E-state index < -0.39 is 0 Å². The summed E-state index contributed by atoms with van der Waals surface area (Å²) in [6.07, 6.45) is 18.9. The fourth-order valence-electron chi connectivity index (χ4n) is 3.03. The molecule has 1 heteroatoms. The predicted molar refractivity (Wildman–Crippen MR) is 152 cm³/mol. The van der Waals surface area contributed by atoms with Gasteiger partial charge in [0.25, 0.3) is 0 Å². The first-order valence-electron chi connectivity index (χ1n) is 13.7. The molecule has 0 aliphatic rings. The van der Waals surface area contributed by atoms with Crippen LogP contribution in [0.5, 0.6) is 0 Å². The highest BCUT2D eigenvalue weighted by Crippen LogP contribution is 2.26. The van der Waals surface area contributed by atoms with Gasteiger partial charge in [0.15, 0.2) is 0 Å². The number of nitrogens with two attached hydrogens (primary N) is 1. The normalized spacial score (nSPS) is 11.6. The van der Waals surface area contributed by atoms with Gasteiger partial charge in [0.2, 0.25) is 0 Å². The van der Waals surface area contributed by atoms with Crippen molar-refractivity contribution < 1.29 is 0 Å². The van der Waals surface area contributed by atoms with Crippen LogP contribution in [-0.2, 0) is 0 Å². The van der Waals surface area contributed by atoms with Crippen molar-refractivity contribution in [2.24, 2.45) is 11.7 Å². The molecule has 31 heavy (non-hydrogen) atoms. The van der Waals surface area contributed by atoms with E-state index in [0.29, 0.717) is 5.92 Å². The average molecular weight is 440 g/mol. The quantitative estimate of drug-likeness (QED) is 0.224. The average Bonchev–Trinajstić information content (AvgIpc) is 2.85. The lowest BCUT2D eigenvalue weighted by atomic mass is 9.88.